The van der Waals surface area contributed by atoms with Gasteiger partial charge in [0.2, 0.25) is 0 Å². The average molecular weight is 489 g/mol. The van der Waals surface area contributed by atoms with Gasteiger partial charge >= 0.3 is 0 Å². The van der Waals surface area contributed by atoms with Gasteiger partial charge in [0.05, 0.1) is 10.5 Å². The second-order valence-electron chi connectivity index (χ2n) is 7.70. The van der Waals surface area contributed by atoms with E-state index in [1.807, 2.05) is 24.3 Å². The Morgan fingerprint density at radius 2 is 1.94 bits per heavy atom. The van der Waals surface area contributed by atoms with E-state index in [2.05, 4.69) is 20.5 Å². The number of furan rings is 1. The molecule has 2 heterocycles. The van der Waals surface area contributed by atoms with Crippen molar-refractivity contribution < 1.29 is 13.5 Å². The zero-order valence-electron chi connectivity index (χ0n) is 18.2. The lowest BCUT2D eigenvalue weighted by Gasteiger charge is -2.12. The number of anilines is 2. The molecular weight excluding hydrogens is 471 g/mol. The summed E-state index contributed by atoms with van der Waals surface area (Å²) in [5.74, 6) is 1.86. The van der Waals surface area contributed by atoms with Crippen molar-refractivity contribution in [3.05, 3.63) is 106 Å². The normalized spacial score (nSPS) is 10.9. The number of nitrogens with one attached hydrogen (secondary N) is 1. The predicted molar refractivity (Wildman–Crippen MR) is 132 cm³/mol. The molecule has 5 aromatic rings. The van der Waals surface area contributed by atoms with Gasteiger partial charge in [0.15, 0.2) is 0 Å². The molecular formula is C26H18ClFN4O3. The van der Waals surface area contributed by atoms with Crippen LogP contribution in [0.25, 0.3) is 22.2 Å². The maximum atomic E-state index is 13.4. The molecule has 0 unspecified atom stereocenters. The van der Waals surface area contributed by atoms with Gasteiger partial charge in [-0.1, -0.05) is 28.9 Å². The lowest BCUT2D eigenvalue weighted by molar-refractivity contribution is 0.306. The van der Waals surface area contributed by atoms with Crippen molar-refractivity contribution in [2.45, 2.75) is 13.2 Å². The number of aromatic nitrogens is 2. The molecule has 0 spiro atoms. The number of benzene rings is 3. The van der Waals surface area contributed by atoms with Gasteiger partial charge in [0.1, 0.15) is 48.4 Å². The second kappa shape index (κ2) is 9.90. The first kappa shape index (κ1) is 22.5. The topological polar surface area (TPSA) is 89.6 Å². The Bertz CT molecular complexity index is 1520. The van der Waals surface area contributed by atoms with Crippen molar-refractivity contribution >= 4 is 34.0 Å². The summed E-state index contributed by atoms with van der Waals surface area (Å²) in [5, 5.41) is 7.31. The Balaban J connectivity index is 1.37. The molecule has 5 rings (SSSR count). The standard InChI is InChI=1S/C26H18ClFN4O3/c27-22-12-19(5-8-25(22)34-14-16-2-1-3-18(28)10-16)32-26-21-11-17(4-7-23(21)29-15-30-26)24-9-6-20(35-24)13-31-33/h1-12,15H,13-14H2,(H,29,30,32). The Morgan fingerprint density at radius 1 is 1.03 bits per heavy atom. The van der Waals surface area contributed by atoms with Crippen LogP contribution in [0.5, 0.6) is 5.75 Å². The molecule has 0 saturated carbocycles. The smallest absolute Gasteiger partial charge is 0.141 e. The van der Waals surface area contributed by atoms with Crippen LogP contribution in [0, 0.1) is 10.7 Å². The van der Waals surface area contributed by atoms with Crippen LogP contribution in [0.15, 0.2) is 88.7 Å². The third-order valence-electron chi connectivity index (χ3n) is 5.28. The van der Waals surface area contributed by atoms with Crippen LogP contribution in [0.2, 0.25) is 5.02 Å². The molecule has 1 N–H and O–H groups in total. The summed E-state index contributed by atoms with van der Waals surface area (Å²) in [7, 11) is 0. The zero-order valence-corrected chi connectivity index (χ0v) is 19.0. The van der Waals surface area contributed by atoms with Gasteiger partial charge in [-0.15, -0.1) is 0 Å². The molecule has 35 heavy (non-hydrogen) atoms. The molecule has 3 aromatic carbocycles. The van der Waals surface area contributed by atoms with Gasteiger partial charge in [-0.05, 0) is 66.2 Å². The number of hydrogen-bond acceptors (Lipinski definition) is 7. The molecule has 0 bridgehead atoms. The fraction of sp³-hybridized carbons (Fsp3) is 0.0769. The third kappa shape index (κ3) is 5.12. The summed E-state index contributed by atoms with van der Waals surface area (Å²) in [6.45, 7) is 0.174. The highest BCUT2D eigenvalue weighted by molar-refractivity contribution is 6.32. The predicted octanol–water partition coefficient (Wildman–Crippen LogP) is 7.27. The van der Waals surface area contributed by atoms with E-state index in [4.69, 9.17) is 20.8 Å². The molecule has 0 fully saturated rings. The van der Waals surface area contributed by atoms with E-state index in [1.54, 1.807) is 36.4 Å². The molecule has 0 amide bonds. The monoisotopic (exact) mass is 488 g/mol. The minimum absolute atomic E-state index is 0.0216. The molecule has 2 aromatic heterocycles. The molecule has 0 atom stereocenters. The summed E-state index contributed by atoms with van der Waals surface area (Å²) in [4.78, 5) is 19.2. The molecule has 0 radical (unpaired) electrons. The Labute approximate surface area is 204 Å². The fourth-order valence-electron chi connectivity index (χ4n) is 3.61. The van der Waals surface area contributed by atoms with Gasteiger partial charge in [-0.25, -0.2) is 14.4 Å². The quantitative estimate of drug-likeness (QED) is 0.231. The first-order valence-corrected chi connectivity index (χ1v) is 11.0. The number of halogens is 2. The molecule has 0 saturated heterocycles. The number of nitroso groups, excluding NO2 is 1. The van der Waals surface area contributed by atoms with Crippen molar-refractivity contribution in [2.75, 3.05) is 5.32 Å². The van der Waals surface area contributed by atoms with E-state index in [-0.39, 0.29) is 19.0 Å². The number of ether oxygens (including phenoxy) is 1. The van der Waals surface area contributed by atoms with Gasteiger partial charge in [-0.2, -0.15) is 4.91 Å². The second-order valence-corrected chi connectivity index (χ2v) is 8.10. The first-order chi connectivity index (χ1) is 17.1. The maximum Gasteiger partial charge on any atom is 0.141 e. The van der Waals surface area contributed by atoms with Crippen LogP contribution in [0.1, 0.15) is 11.3 Å². The van der Waals surface area contributed by atoms with Crippen LogP contribution < -0.4 is 10.1 Å². The highest BCUT2D eigenvalue weighted by Gasteiger charge is 2.11. The largest absolute Gasteiger partial charge is 0.487 e. The lowest BCUT2D eigenvalue weighted by Crippen LogP contribution is -1.98. The van der Waals surface area contributed by atoms with Crippen LogP contribution in [-0.2, 0) is 13.2 Å². The Morgan fingerprint density at radius 3 is 2.77 bits per heavy atom. The molecule has 0 aliphatic rings. The SMILES string of the molecule is O=NCc1ccc(-c2ccc3ncnc(Nc4ccc(OCc5cccc(F)c5)c(Cl)c4)c3c2)o1. The minimum atomic E-state index is -0.317. The Hall–Kier alpha value is -4.30. The van der Waals surface area contributed by atoms with E-state index >= 15 is 0 Å². The van der Waals surface area contributed by atoms with E-state index in [1.165, 1.54) is 18.5 Å². The van der Waals surface area contributed by atoms with Crippen molar-refractivity contribution in [2.24, 2.45) is 5.18 Å². The Kier molecular flexibility index (Phi) is 6.36. The van der Waals surface area contributed by atoms with E-state index in [0.717, 1.165) is 16.5 Å². The number of hydrogen-bond donors (Lipinski definition) is 1. The van der Waals surface area contributed by atoms with Gasteiger partial charge in [0, 0.05) is 16.6 Å². The van der Waals surface area contributed by atoms with Crippen LogP contribution in [0.3, 0.4) is 0 Å². The minimum Gasteiger partial charge on any atom is -0.487 e. The van der Waals surface area contributed by atoms with Crippen LogP contribution in [0.4, 0.5) is 15.9 Å². The summed E-state index contributed by atoms with van der Waals surface area (Å²) >= 11 is 6.43. The van der Waals surface area contributed by atoms with Crippen molar-refractivity contribution in [1.82, 2.24) is 9.97 Å². The van der Waals surface area contributed by atoms with Gasteiger partial charge in [0.25, 0.3) is 0 Å². The van der Waals surface area contributed by atoms with E-state index in [0.29, 0.717) is 39.4 Å². The lowest BCUT2D eigenvalue weighted by atomic mass is 10.1. The zero-order chi connectivity index (χ0) is 24.2. The summed E-state index contributed by atoms with van der Waals surface area (Å²) in [6.07, 6.45) is 1.48. The summed E-state index contributed by atoms with van der Waals surface area (Å²) in [6, 6.07) is 20.7. The van der Waals surface area contributed by atoms with Crippen LogP contribution >= 0.6 is 11.6 Å². The third-order valence-corrected chi connectivity index (χ3v) is 5.58. The summed E-state index contributed by atoms with van der Waals surface area (Å²) in [5.41, 5.74) is 2.97. The number of rotatable bonds is 8. The number of fused-ring (bicyclic) bond motifs is 1. The molecule has 9 heteroatoms. The van der Waals surface area contributed by atoms with Crippen molar-refractivity contribution in [3.8, 4) is 17.1 Å². The molecule has 0 aliphatic heterocycles. The highest BCUT2D eigenvalue weighted by Crippen LogP contribution is 2.32. The molecule has 0 aliphatic carbocycles. The maximum absolute atomic E-state index is 13.4. The van der Waals surface area contributed by atoms with Gasteiger partial charge in [-0.3, -0.25) is 0 Å². The van der Waals surface area contributed by atoms with Crippen molar-refractivity contribution in [3.63, 3.8) is 0 Å². The van der Waals surface area contributed by atoms with E-state index < -0.39 is 0 Å². The summed E-state index contributed by atoms with van der Waals surface area (Å²) < 4.78 is 24.8. The van der Waals surface area contributed by atoms with E-state index in [9.17, 15) is 9.30 Å². The highest BCUT2D eigenvalue weighted by atomic mass is 35.5. The van der Waals surface area contributed by atoms with Crippen molar-refractivity contribution in [1.29, 1.82) is 0 Å². The fourth-order valence-corrected chi connectivity index (χ4v) is 3.85. The molecule has 174 valence electrons. The average Bonchev–Trinajstić information content (AvgIpc) is 3.32. The molecule has 7 nitrogen and oxygen atoms in total. The van der Waals surface area contributed by atoms with Crippen LogP contribution in [-0.4, -0.2) is 9.97 Å². The van der Waals surface area contributed by atoms with Gasteiger partial charge < -0.3 is 14.5 Å². The first-order valence-electron chi connectivity index (χ1n) is 10.7. The number of nitrogens with zero attached hydrogens (tertiary/aromatic N) is 3.